The number of aliphatic carboxylic acids is 3. The molecule has 0 aliphatic carbocycles. The molecule has 0 amide bonds. The number of hydrogen-bond acceptors (Lipinski definition) is 7. The van der Waals surface area contributed by atoms with Crippen molar-refractivity contribution in [2.75, 3.05) is 0 Å². The zero-order chi connectivity index (χ0) is 10.6. The van der Waals surface area contributed by atoms with Gasteiger partial charge in [0.15, 0.2) is 0 Å². The first-order chi connectivity index (χ1) is 5.78. The van der Waals surface area contributed by atoms with E-state index in [0.29, 0.717) is 0 Å². The molecule has 9 heteroatoms. The second-order valence-electron chi connectivity index (χ2n) is 2.42. The van der Waals surface area contributed by atoms with Gasteiger partial charge in [0, 0.05) is 24.8 Å². The summed E-state index contributed by atoms with van der Waals surface area (Å²) in [7, 11) is 0. The van der Waals surface area contributed by atoms with E-state index in [1.54, 1.807) is 0 Å². The van der Waals surface area contributed by atoms with Gasteiger partial charge in [-0.15, -0.1) is 0 Å². The summed E-state index contributed by atoms with van der Waals surface area (Å²) in [6.07, 6.45) is -2.72. The maximum absolute atomic E-state index is 10.1. The van der Waals surface area contributed by atoms with Crippen LogP contribution in [0, 0.1) is 0 Å². The molecule has 0 saturated carbocycles. The van der Waals surface area contributed by atoms with Gasteiger partial charge in [-0.05, 0) is 0 Å². The fourth-order valence-electron chi connectivity index (χ4n) is 0.684. The van der Waals surface area contributed by atoms with Gasteiger partial charge >= 0.3 is 16.5 Å². The molecular weight excluding hydrogens is 259 g/mol. The van der Waals surface area contributed by atoms with E-state index in [-0.39, 0.29) is 22.0 Å². The molecule has 0 aromatic rings. The first-order valence-electron chi connectivity index (χ1n) is 3.11. The van der Waals surface area contributed by atoms with Crippen LogP contribution in [0.1, 0.15) is 12.8 Å². The molecule has 0 unspecified atom stereocenters. The van der Waals surface area contributed by atoms with Gasteiger partial charge in [0.05, 0.1) is 5.97 Å². The van der Waals surface area contributed by atoms with Gasteiger partial charge in [0.2, 0.25) is 0 Å². The minimum absolute atomic E-state index is 0. The Balaban J connectivity index is -0.000000720. The van der Waals surface area contributed by atoms with Crippen molar-refractivity contribution in [1.29, 1.82) is 0 Å². The van der Waals surface area contributed by atoms with E-state index in [4.69, 9.17) is 5.11 Å². The SMILES string of the molecule is O.O=C([O-])CC(O)(CC(=O)[O-])C(=O)[O-].[Ni+3]. The van der Waals surface area contributed by atoms with Crippen molar-refractivity contribution >= 4 is 17.9 Å². The normalized spacial score (nSPS) is 9.40. The van der Waals surface area contributed by atoms with Gasteiger partial charge < -0.3 is 40.3 Å². The van der Waals surface area contributed by atoms with Crippen LogP contribution in [0.25, 0.3) is 0 Å². The van der Waals surface area contributed by atoms with Gasteiger partial charge in [0.1, 0.15) is 5.60 Å². The van der Waals surface area contributed by atoms with Crippen LogP contribution in [0.3, 0.4) is 0 Å². The topological polar surface area (TPSA) is 172 Å². The molecule has 0 rings (SSSR count). The first kappa shape index (κ1) is 19.4. The van der Waals surface area contributed by atoms with Crippen molar-refractivity contribution < 1.29 is 56.8 Å². The predicted octanol–water partition coefficient (Wildman–Crippen LogP) is -6.08. The molecule has 1 radical (unpaired) electrons. The Morgan fingerprint density at radius 1 is 1.00 bits per heavy atom. The Morgan fingerprint density at radius 2 is 1.27 bits per heavy atom. The molecule has 0 aliphatic heterocycles. The average Bonchev–Trinajstić information content (AvgIpc) is 1.82. The molecule has 0 spiro atoms. The molecule has 0 aromatic heterocycles. The molecule has 0 aromatic carbocycles. The third-order valence-corrected chi connectivity index (χ3v) is 1.25. The van der Waals surface area contributed by atoms with Gasteiger partial charge in [-0.2, -0.15) is 0 Å². The Labute approximate surface area is 93.8 Å². The molecule has 0 aliphatic rings. The third kappa shape index (κ3) is 6.84. The minimum Gasteiger partial charge on any atom is -0.550 e. The van der Waals surface area contributed by atoms with Gasteiger partial charge in [-0.25, -0.2) is 0 Å². The van der Waals surface area contributed by atoms with Crippen LogP contribution in [0.5, 0.6) is 0 Å². The molecule has 15 heavy (non-hydrogen) atoms. The fourth-order valence-corrected chi connectivity index (χ4v) is 0.684. The van der Waals surface area contributed by atoms with Crippen molar-refractivity contribution in [1.82, 2.24) is 0 Å². The maximum atomic E-state index is 10.1. The van der Waals surface area contributed by atoms with Crippen LogP contribution in [0.2, 0.25) is 0 Å². The van der Waals surface area contributed by atoms with E-state index in [1.165, 1.54) is 0 Å². The molecule has 3 N–H and O–H groups in total. The molecule has 89 valence electrons. The van der Waals surface area contributed by atoms with E-state index >= 15 is 0 Å². The molecule has 0 heterocycles. The van der Waals surface area contributed by atoms with E-state index < -0.39 is 36.4 Å². The molecule has 0 atom stereocenters. The summed E-state index contributed by atoms with van der Waals surface area (Å²) in [5, 5.41) is 38.9. The Kier molecular flexibility index (Phi) is 9.26. The largest absolute Gasteiger partial charge is 3.00 e. The summed E-state index contributed by atoms with van der Waals surface area (Å²) in [6.45, 7) is 0. The average molecular weight is 266 g/mol. The van der Waals surface area contributed by atoms with Crippen LogP contribution in [0.4, 0.5) is 0 Å². The van der Waals surface area contributed by atoms with Crippen molar-refractivity contribution in [3.8, 4) is 0 Å². The fraction of sp³-hybridized carbons (Fsp3) is 0.500. The Morgan fingerprint density at radius 3 is 1.40 bits per heavy atom. The number of carbonyl (C=O) groups is 3. The molecule has 0 fully saturated rings. The standard InChI is InChI=1S/C6H8O7.Ni.H2O/c7-3(8)1-6(13,5(11)12)2-4(9)10;;/h13H,1-2H2,(H,7,8)(H,9,10)(H,11,12);;1H2/q;+3;/p-3. The number of carboxylic acids is 3. The number of hydrogen-bond donors (Lipinski definition) is 1. The summed E-state index contributed by atoms with van der Waals surface area (Å²) in [5.41, 5.74) is -2.97. The van der Waals surface area contributed by atoms with Gasteiger partial charge in [0.25, 0.3) is 0 Å². The zero-order valence-electron chi connectivity index (χ0n) is 7.13. The van der Waals surface area contributed by atoms with Gasteiger partial charge in [-0.1, -0.05) is 0 Å². The number of carbonyl (C=O) groups excluding carboxylic acids is 3. The van der Waals surface area contributed by atoms with Gasteiger partial charge in [-0.3, -0.25) is 0 Å². The van der Waals surface area contributed by atoms with Crippen LogP contribution in [0.15, 0.2) is 0 Å². The van der Waals surface area contributed by atoms with Crippen LogP contribution < -0.4 is 15.3 Å². The smallest absolute Gasteiger partial charge is 0.550 e. The molecule has 0 bridgehead atoms. The van der Waals surface area contributed by atoms with E-state index in [1.807, 2.05) is 0 Å². The van der Waals surface area contributed by atoms with E-state index in [9.17, 15) is 29.7 Å². The van der Waals surface area contributed by atoms with Crippen molar-refractivity contribution in [2.45, 2.75) is 18.4 Å². The third-order valence-electron chi connectivity index (χ3n) is 1.25. The molecular formula is C6H7NiO8. The summed E-state index contributed by atoms with van der Waals surface area (Å²) in [4.78, 5) is 30.0. The summed E-state index contributed by atoms with van der Waals surface area (Å²) in [6, 6.07) is 0. The number of carboxylic acid groups (broad SMARTS) is 3. The molecule has 0 saturated heterocycles. The van der Waals surface area contributed by atoms with Crippen LogP contribution in [-0.2, 0) is 30.9 Å². The monoisotopic (exact) mass is 265 g/mol. The van der Waals surface area contributed by atoms with E-state index in [2.05, 4.69) is 0 Å². The number of aliphatic hydroxyl groups is 1. The maximum Gasteiger partial charge on any atom is 3.00 e. The summed E-state index contributed by atoms with van der Waals surface area (Å²) in [5.74, 6) is -5.98. The Hall–Kier alpha value is -1.18. The predicted molar refractivity (Wildman–Crippen MR) is 32.8 cm³/mol. The zero-order valence-corrected chi connectivity index (χ0v) is 8.11. The minimum atomic E-state index is -2.97. The molecule has 8 nitrogen and oxygen atoms in total. The Bertz CT molecular complexity index is 234. The second kappa shape index (κ2) is 7.16. The van der Waals surface area contributed by atoms with Crippen molar-refractivity contribution in [3.05, 3.63) is 0 Å². The van der Waals surface area contributed by atoms with Crippen molar-refractivity contribution in [3.63, 3.8) is 0 Å². The van der Waals surface area contributed by atoms with Crippen molar-refractivity contribution in [2.24, 2.45) is 0 Å². The summed E-state index contributed by atoms with van der Waals surface area (Å²) < 4.78 is 0. The van der Waals surface area contributed by atoms with Crippen LogP contribution in [-0.4, -0.2) is 34.1 Å². The second-order valence-corrected chi connectivity index (χ2v) is 2.42. The first-order valence-corrected chi connectivity index (χ1v) is 3.11. The number of rotatable bonds is 5. The summed E-state index contributed by atoms with van der Waals surface area (Å²) >= 11 is 0. The quantitative estimate of drug-likeness (QED) is 0.481. The van der Waals surface area contributed by atoms with Crippen LogP contribution >= 0.6 is 0 Å². The van der Waals surface area contributed by atoms with E-state index in [0.717, 1.165) is 0 Å².